The predicted octanol–water partition coefficient (Wildman–Crippen LogP) is 3.75. The number of fused-ring (bicyclic) bond motifs is 1. The monoisotopic (exact) mass is 378 g/mol. The van der Waals surface area contributed by atoms with Gasteiger partial charge >= 0.3 is 5.97 Å². The Hall–Kier alpha value is -3.28. The number of ether oxygens (including phenoxy) is 2. The first-order chi connectivity index (χ1) is 13.6. The van der Waals surface area contributed by atoms with Crippen LogP contribution in [0.2, 0.25) is 0 Å². The Labute approximate surface area is 163 Å². The zero-order chi connectivity index (χ0) is 19.6. The molecule has 0 aliphatic carbocycles. The molecule has 6 heteroatoms. The summed E-state index contributed by atoms with van der Waals surface area (Å²) in [5.74, 6) is 0.0403. The third-order valence-electron chi connectivity index (χ3n) is 5.30. The minimum atomic E-state index is -1.27. The molecule has 0 bridgehead atoms. The Morgan fingerprint density at radius 3 is 2.43 bits per heavy atom. The fourth-order valence-corrected chi connectivity index (χ4v) is 3.74. The number of carbonyl (C=O) groups is 1. The summed E-state index contributed by atoms with van der Waals surface area (Å²) in [6.45, 7) is 1.16. The summed E-state index contributed by atoms with van der Waals surface area (Å²) in [6.07, 6.45) is 2.54. The first-order valence-electron chi connectivity index (χ1n) is 9.27. The number of pyridine rings is 1. The zero-order valence-corrected chi connectivity index (χ0v) is 15.7. The van der Waals surface area contributed by atoms with Gasteiger partial charge in [-0.1, -0.05) is 30.3 Å². The Kier molecular flexibility index (Phi) is 4.77. The average molecular weight is 378 g/mol. The molecule has 0 spiro atoms. The Bertz CT molecular complexity index is 991. The highest BCUT2D eigenvalue weighted by molar-refractivity contribution is 5.91. The van der Waals surface area contributed by atoms with E-state index in [4.69, 9.17) is 9.47 Å². The van der Waals surface area contributed by atoms with Crippen LogP contribution in [-0.2, 0) is 4.79 Å². The molecule has 0 saturated carbocycles. The summed E-state index contributed by atoms with van der Waals surface area (Å²) in [5.41, 5.74) is 0.732. The Morgan fingerprint density at radius 1 is 1.04 bits per heavy atom. The van der Waals surface area contributed by atoms with Gasteiger partial charge in [-0.05, 0) is 24.3 Å². The van der Waals surface area contributed by atoms with Gasteiger partial charge in [0.15, 0.2) is 11.5 Å². The first kappa shape index (κ1) is 18.1. The number of methoxy groups -OCH3 is 1. The van der Waals surface area contributed by atoms with Crippen LogP contribution in [0.1, 0.15) is 12.8 Å². The molecule has 1 aromatic heterocycles. The maximum absolute atomic E-state index is 12.1. The van der Waals surface area contributed by atoms with Gasteiger partial charge in [-0.2, -0.15) is 0 Å². The summed E-state index contributed by atoms with van der Waals surface area (Å²) in [4.78, 5) is 18.8. The molecule has 28 heavy (non-hydrogen) atoms. The second kappa shape index (κ2) is 7.38. The molecule has 4 rings (SSSR count). The van der Waals surface area contributed by atoms with Gasteiger partial charge in [-0.3, -0.25) is 4.98 Å². The van der Waals surface area contributed by atoms with Crippen LogP contribution in [0, 0.1) is 0 Å². The van der Waals surface area contributed by atoms with E-state index in [1.807, 2.05) is 42.5 Å². The van der Waals surface area contributed by atoms with E-state index in [2.05, 4.69) is 9.88 Å². The number of rotatable bonds is 5. The molecule has 0 amide bonds. The van der Waals surface area contributed by atoms with Crippen molar-refractivity contribution in [2.75, 3.05) is 25.1 Å². The molecule has 2 aromatic carbocycles. The number of aromatic nitrogens is 1. The molecule has 1 fully saturated rings. The quantitative estimate of drug-likeness (QED) is 0.729. The lowest BCUT2D eigenvalue weighted by atomic mass is 9.90. The van der Waals surface area contributed by atoms with Gasteiger partial charge in [-0.25, -0.2) is 4.79 Å². The number of hydrogen-bond donors (Lipinski definition) is 1. The van der Waals surface area contributed by atoms with Crippen LogP contribution in [-0.4, -0.2) is 41.9 Å². The molecule has 0 radical (unpaired) electrons. The van der Waals surface area contributed by atoms with Gasteiger partial charge < -0.3 is 19.5 Å². The number of aliphatic carboxylic acids is 1. The van der Waals surface area contributed by atoms with Crippen LogP contribution in [0.15, 0.2) is 60.8 Å². The van der Waals surface area contributed by atoms with Gasteiger partial charge in [0.25, 0.3) is 0 Å². The summed E-state index contributed by atoms with van der Waals surface area (Å²) in [5, 5.41) is 11.0. The van der Waals surface area contributed by atoms with Crippen molar-refractivity contribution in [2.24, 2.45) is 0 Å². The van der Waals surface area contributed by atoms with Crippen molar-refractivity contribution in [2.45, 2.75) is 18.4 Å². The van der Waals surface area contributed by atoms with Crippen LogP contribution in [0.5, 0.6) is 11.5 Å². The molecule has 1 saturated heterocycles. The van der Waals surface area contributed by atoms with E-state index in [9.17, 15) is 9.90 Å². The second-order valence-electron chi connectivity index (χ2n) is 6.89. The van der Waals surface area contributed by atoms with Gasteiger partial charge in [0.05, 0.1) is 12.6 Å². The number of anilines is 1. The molecule has 1 aliphatic heterocycles. The van der Waals surface area contributed by atoms with E-state index in [-0.39, 0.29) is 0 Å². The number of carboxylic acid groups (broad SMARTS) is 1. The lowest BCUT2D eigenvalue weighted by molar-refractivity contribution is -0.157. The first-order valence-corrected chi connectivity index (χ1v) is 9.27. The number of hydrogen-bond acceptors (Lipinski definition) is 5. The van der Waals surface area contributed by atoms with E-state index in [1.54, 1.807) is 25.4 Å². The smallest absolute Gasteiger partial charge is 0.348 e. The highest BCUT2D eigenvalue weighted by atomic mass is 16.5. The highest BCUT2D eigenvalue weighted by Gasteiger charge is 2.44. The lowest BCUT2D eigenvalue weighted by Gasteiger charge is -2.40. The van der Waals surface area contributed by atoms with Gasteiger partial charge in [0, 0.05) is 43.2 Å². The third-order valence-corrected chi connectivity index (χ3v) is 5.30. The number of piperidine rings is 1. The van der Waals surface area contributed by atoms with Gasteiger partial charge in [-0.15, -0.1) is 0 Å². The van der Waals surface area contributed by atoms with Crippen molar-refractivity contribution in [1.29, 1.82) is 0 Å². The predicted molar refractivity (Wildman–Crippen MR) is 107 cm³/mol. The maximum atomic E-state index is 12.1. The van der Waals surface area contributed by atoms with Gasteiger partial charge in [0.1, 0.15) is 0 Å². The van der Waals surface area contributed by atoms with Crippen molar-refractivity contribution in [3.05, 3.63) is 60.8 Å². The topological polar surface area (TPSA) is 71.9 Å². The number of carboxylic acids is 1. The van der Waals surface area contributed by atoms with E-state index in [0.717, 1.165) is 16.6 Å². The van der Waals surface area contributed by atoms with E-state index >= 15 is 0 Å². The molecule has 1 aliphatic rings. The van der Waals surface area contributed by atoms with Gasteiger partial charge in [0.2, 0.25) is 5.60 Å². The van der Waals surface area contributed by atoms with Crippen LogP contribution in [0.3, 0.4) is 0 Å². The lowest BCUT2D eigenvalue weighted by Crippen LogP contribution is -2.53. The molecule has 2 heterocycles. The SMILES string of the molecule is COc1ccccc1OC1(C(=O)O)CCN(c2ccnc3ccccc23)CC1. The number of nitrogens with zero attached hydrogens (tertiary/aromatic N) is 2. The molecule has 0 atom stereocenters. The van der Waals surface area contributed by atoms with Crippen LogP contribution in [0.25, 0.3) is 10.9 Å². The molecule has 0 unspecified atom stereocenters. The summed E-state index contributed by atoms with van der Waals surface area (Å²) < 4.78 is 11.3. The van der Waals surface area contributed by atoms with E-state index < -0.39 is 11.6 Å². The molecule has 1 N–H and O–H groups in total. The molecular formula is C22H22N2O4. The standard InChI is InChI=1S/C22H22N2O4/c1-27-19-8-4-5-9-20(19)28-22(21(25)26)11-14-24(15-12-22)18-10-13-23-17-7-3-2-6-16(17)18/h2-10,13H,11-12,14-15H2,1H3,(H,25,26). The van der Waals surface area contributed by atoms with Crippen LogP contribution in [0.4, 0.5) is 5.69 Å². The molecular weight excluding hydrogens is 356 g/mol. The Balaban J connectivity index is 1.59. The average Bonchev–Trinajstić information content (AvgIpc) is 2.74. The van der Waals surface area contributed by atoms with Crippen molar-refractivity contribution in [3.63, 3.8) is 0 Å². The Morgan fingerprint density at radius 2 is 1.71 bits per heavy atom. The van der Waals surface area contributed by atoms with Crippen molar-refractivity contribution in [1.82, 2.24) is 4.98 Å². The van der Waals surface area contributed by atoms with Crippen molar-refractivity contribution < 1.29 is 19.4 Å². The molecule has 6 nitrogen and oxygen atoms in total. The number of para-hydroxylation sites is 3. The normalized spacial score (nSPS) is 16.0. The summed E-state index contributed by atoms with van der Waals surface area (Å²) in [7, 11) is 1.55. The zero-order valence-electron chi connectivity index (χ0n) is 15.7. The molecule has 144 valence electrons. The summed E-state index contributed by atoms with van der Waals surface area (Å²) >= 11 is 0. The minimum absolute atomic E-state index is 0.372. The van der Waals surface area contributed by atoms with Crippen molar-refractivity contribution >= 4 is 22.6 Å². The highest BCUT2D eigenvalue weighted by Crippen LogP contribution is 2.36. The van der Waals surface area contributed by atoms with Crippen LogP contribution >= 0.6 is 0 Å². The number of benzene rings is 2. The summed E-state index contributed by atoms with van der Waals surface area (Å²) in [6, 6.07) is 17.1. The fraction of sp³-hybridized carbons (Fsp3) is 0.273. The molecule has 3 aromatic rings. The third kappa shape index (κ3) is 3.22. The van der Waals surface area contributed by atoms with Crippen LogP contribution < -0.4 is 14.4 Å². The maximum Gasteiger partial charge on any atom is 0.348 e. The van der Waals surface area contributed by atoms with E-state index in [1.165, 1.54) is 0 Å². The minimum Gasteiger partial charge on any atom is -0.493 e. The van der Waals surface area contributed by atoms with E-state index in [0.29, 0.717) is 37.4 Å². The largest absolute Gasteiger partial charge is 0.493 e. The fourth-order valence-electron chi connectivity index (χ4n) is 3.74. The van der Waals surface area contributed by atoms with Crippen molar-refractivity contribution in [3.8, 4) is 11.5 Å². The second-order valence-corrected chi connectivity index (χ2v) is 6.89.